The Morgan fingerprint density at radius 2 is 2.24 bits per heavy atom. The maximum absolute atomic E-state index is 4.42. The molecule has 0 aliphatic rings. The monoisotopic (exact) mass is 232 g/mol. The highest BCUT2D eigenvalue weighted by atomic mass is 15.3. The Morgan fingerprint density at radius 1 is 1.53 bits per heavy atom. The summed E-state index contributed by atoms with van der Waals surface area (Å²) in [6.45, 7) is 12.5. The van der Waals surface area contributed by atoms with E-state index in [0.29, 0.717) is 0 Å². The van der Waals surface area contributed by atoms with Gasteiger partial charge in [-0.05, 0) is 50.3 Å². The van der Waals surface area contributed by atoms with Crippen molar-refractivity contribution in [2.75, 3.05) is 0 Å². The van der Waals surface area contributed by atoms with Crippen molar-refractivity contribution in [3.63, 3.8) is 0 Å². The van der Waals surface area contributed by atoms with Gasteiger partial charge in [-0.15, -0.1) is 0 Å². The Kier molecular flexibility index (Phi) is 5.20. The zero-order valence-electron chi connectivity index (χ0n) is 11.5. The molecule has 94 valence electrons. The van der Waals surface area contributed by atoms with Crippen molar-refractivity contribution in [1.82, 2.24) is 4.68 Å². The summed E-state index contributed by atoms with van der Waals surface area (Å²) in [4.78, 5) is 0. The lowest BCUT2D eigenvalue weighted by atomic mass is 10.0. The first-order valence-electron chi connectivity index (χ1n) is 6.45. The smallest absolute Gasteiger partial charge is 0.0672 e. The van der Waals surface area contributed by atoms with E-state index in [1.54, 1.807) is 0 Å². The van der Waals surface area contributed by atoms with Crippen molar-refractivity contribution in [3.05, 3.63) is 30.1 Å². The highest BCUT2D eigenvalue weighted by Gasteiger charge is 2.09. The van der Waals surface area contributed by atoms with E-state index in [-0.39, 0.29) is 0 Å². The quantitative estimate of drug-likeness (QED) is 0.649. The van der Waals surface area contributed by atoms with Crippen molar-refractivity contribution >= 4 is 11.8 Å². The topological polar surface area (TPSA) is 17.3 Å². The van der Waals surface area contributed by atoms with Crippen molar-refractivity contribution < 1.29 is 0 Å². The second kappa shape index (κ2) is 6.43. The van der Waals surface area contributed by atoms with Crippen LogP contribution in [0.1, 0.15) is 51.9 Å². The summed E-state index contributed by atoms with van der Waals surface area (Å²) in [5.74, 6) is 0.775. The van der Waals surface area contributed by atoms with Gasteiger partial charge in [-0.25, -0.2) is 4.68 Å². The number of aromatic nitrogens is 1. The van der Waals surface area contributed by atoms with Crippen LogP contribution in [0.5, 0.6) is 0 Å². The summed E-state index contributed by atoms with van der Waals surface area (Å²) in [5.41, 5.74) is 3.45. The third-order valence-electron chi connectivity index (χ3n) is 3.19. The number of rotatable bonds is 6. The standard InChI is InChI=1S/C15H24N2/c1-6-13(5)8-9-14-10-11-15(12(3)4)17(14)16-7-2/h7,10-11,13H,3,6,8-9H2,1-2,4-5H3/b16-7-. The normalized spacial score (nSPS) is 13.2. The van der Waals surface area contributed by atoms with Gasteiger partial charge in [0.15, 0.2) is 0 Å². The molecule has 0 aromatic carbocycles. The second-order valence-electron chi connectivity index (χ2n) is 4.73. The predicted octanol–water partition coefficient (Wildman–Crippen LogP) is 4.35. The third kappa shape index (κ3) is 3.58. The van der Waals surface area contributed by atoms with E-state index in [4.69, 9.17) is 0 Å². The lowest BCUT2D eigenvalue weighted by molar-refractivity contribution is 0.508. The summed E-state index contributed by atoms with van der Waals surface area (Å²) in [6.07, 6.45) is 5.37. The summed E-state index contributed by atoms with van der Waals surface area (Å²) in [5, 5.41) is 4.42. The first kappa shape index (κ1) is 13.8. The molecule has 17 heavy (non-hydrogen) atoms. The van der Waals surface area contributed by atoms with Crippen LogP contribution in [0.3, 0.4) is 0 Å². The largest absolute Gasteiger partial charge is 0.238 e. The zero-order chi connectivity index (χ0) is 12.8. The number of nitrogens with zero attached hydrogens (tertiary/aromatic N) is 2. The maximum atomic E-state index is 4.42. The fourth-order valence-corrected chi connectivity index (χ4v) is 1.83. The van der Waals surface area contributed by atoms with Crippen molar-refractivity contribution in [3.8, 4) is 0 Å². The van der Waals surface area contributed by atoms with Crippen molar-refractivity contribution in [2.45, 2.75) is 47.0 Å². The molecule has 0 radical (unpaired) electrons. The van der Waals surface area contributed by atoms with Crippen molar-refractivity contribution in [2.24, 2.45) is 11.0 Å². The molecule has 0 spiro atoms. The number of allylic oxidation sites excluding steroid dienone is 1. The van der Waals surface area contributed by atoms with Crippen molar-refractivity contribution in [1.29, 1.82) is 0 Å². The highest BCUT2D eigenvalue weighted by Crippen LogP contribution is 2.19. The van der Waals surface area contributed by atoms with Crippen LogP contribution in [-0.4, -0.2) is 10.9 Å². The molecule has 0 N–H and O–H groups in total. The van der Waals surface area contributed by atoms with Gasteiger partial charge in [0.2, 0.25) is 0 Å². The Labute approximate surface area is 105 Å². The first-order chi connectivity index (χ1) is 8.10. The summed E-state index contributed by atoms with van der Waals surface area (Å²) in [6, 6.07) is 4.28. The Hall–Kier alpha value is -1.31. The molecule has 1 rings (SSSR count). The molecule has 1 aromatic heterocycles. The predicted molar refractivity (Wildman–Crippen MR) is 76.5 cm³/mol. The highest BCUT2D eigenvalue weighted by molar-refractivity contribution is 5.60. The SMILES string of the molecule is C=C(C)c1ccc(CCC(C)CC)n1/N=C\C. The first-order valence-corrected chi connectivity index (χ1v) is 6.45. The lowest BCUT2D eigenvalue weighted by Crippen LogP contribution is -2.03. The fourth-order valence-electron chi connectivity index (χ4n) is 1.83. The second-order valence-corrected chi connectivity index (χ2v) is 4.73. The van der Waals surface area contributed by atoms with E-state index in [9.17, 15) is 0 Å². The Balaban J connectivity index is 2.88. The average molecular weight is 232 g/mol. The summed E-state index contributed by atoms with van der Waals surface area (Å²) in [7, 11) is 0. The Bertz CT molecular complexity index is 399. The third-order valence-corrected chi connectivity index (χ3v) is 3.19. The molecule has 0 saturated heterocycles. The van der Waals surface area contributed by atoms with Gasteiger partial charge in [-0.2, -0.15) is 5.10 Å². The van der Waals surface area contributed by atoms with Crippen LogP contribution in [0.15, 0.2) is 23.8 Å². The molecular weight excluding hydrogens is 208 g/mol. The van der Waals surface area contributed by atoms with E-state index in [1.807, 2.05) is 24.7 Å². The van der Waals surface area contributed by atoms with E-state index in [0.717, 1.165) is 23.6 Å². The zero-order valence-corrected chi connectivity index (χ0v) is 11.5. The minimum Gasteiger partial charge on any atom is -0.238 e. The van der Waals surface area contributed by atoms with Crippen LogP contribution in [-0.2, 0) is 6.42 Å². The van der Waals surface area contributed by atoms with Crippen LogP contribution in [0, 0.1) is 5.92 Å². The van der Waals surface area contributed by atoms with E-state index < -0.39 is 0 Å². The van der Waals surface area contributed by atoms with E-state index in [1.165, 1.54) is 18.5 Å². The van der Waals surface area contributed by atoms with Crippen LogP contribution in [0.4, 0.5) is 0 Å². The minimum atomic E-state index is 0.775. The molecule has 0 aliphatic carbocycles. The molecule has 0 aliphatic heterocycles. The van der Waals surface area contributed by atoms with E-state index >= 15 is 0 Å². The molecule has 1 unspecified atom stereocenters. The van der Waals surface area contributed by atoms with Gasteiger partial charge in [0, 0.05) is 11.9 Å². The lowest BCUT2D eigenvalue weighted by Gasteiger charge is -2.10. The van der Waals surface area contributed by atoms with Crippen LogP contribution in [0.25, 0.3) is 5.57 Å². The summed E-state index contributed by atoms with van der Waals surface area (Å²) >= 11 is 0. The molecule has 1 heterocycles. The van der Waals surface area contributed by atoms with Gasteiger partial charge in [0.1, 0.15) is 0 Å². The number of hydrogen-bond acceptors (Lipinski definition) is 1. The molecule has 1 atom stereocenters. The van der Waals surface area contributed by atoms with Gasteiger partial charge in [-0.1, -0.05) is 26.8 Å². The van der Waals surface area contributed by atoms with Crippen LogP contribution >= 0.6 is 0 Å². The van der Waals surface area contributed by atoms with Gasteiger partial charge in [-0.3, -0.25) is 0 Å². The van der Waals surface area contributed by atoms with Gasteiger partial charge >= 0.3 is 0 Å². The molecule has 0 amide bonds. The Morgan fingerprint density at radius 3 is 2.76 bits per heavy atom. The number of aryl methyl sites for hydroxylation is 1. The molecule has 0 saturated carbocycles. The molecule has 2 nitrogen and oxygen atoms in total. The fraction of sp³-hybridized carbons (Fsp3) is 0.533. The molecule has 0 bridgehead atoms. The average Bonchev–Trinajstić information content (AvgIpc) is 2.70. The molecule has 1 aromatic rings. The molecular formula is C15H24N2. The van der Waals surface area contributed by atoms with Gasteiger partial charge in [0.05, 0.1) is 5.69 Å². The van der Waals surface area contributed by atoms with Gasteiger partial charge in [0.25, 0.3) is 0 Å². The number of hydrogen-bond donors (Lipinski definition) is 0. The van der Waals surface area contributed by atoms with Crippen LogP contribution < -0.4 is 0 Å². The van der Waals surface area contributed by atoms with E-state index in [2.05, 4.69) is 37.7 Å². The minimum absolute atomic E-state index is 0.775. The maximum Gasteiger partial charge on any atom is 0.0672 e. The molecule has 0 fully saturated rings. The van der Waals surface area contributed by atoms with Gasteiger partial charge < -0.3 is 0 Å². The molecule has 2 heteroatoms. The summed E-state index contributed by atoms with van der Waals surface area (Å²) < 4.78 is 2.02. The van der Waals surface area contributed by atoms with Crippen LogP contribution in [0.2, 0.25) is 0 Å².